The SMILES string of the molecule is O=C(Cl)c1cocc1C(=O)Cl. The van der Waals surface area contributed by atoms with Gasteiger partial charge in [-0.15, -0.1) is 0 Å². The summed E-state index contributed by atoms with van der Waals surface area (Å²) in [6, 6.07) is 0. The van der Waals surface area contributed by atoms with Crippen LogP contribution in [-0.2, 0) is 0 Å². The molecule has 0 radical (unpaired) electrons. The summed E-state index contributed by atoms with van der Waals surface area (Å²) >= 11 is 10.2. The Morgan fingerprint density at radius 3 is 1.73 bits per heavy atom. The van der Waals surface area contributed by atoms with E-state index in [-0.39, 0.29) is 11.1 Å². The summed E-state index contributed by atoms with van der Waals surface area (Å²) in [5, 5.41) is -1.52. The third kappa shape index (κ3) is 1.61. The van der Waals surface area contributed by atoms with Crippen LogP contribution in [0.5, 0.6) is 0 Å². The molecule has 1 aromatic rings. The molecule has 0 aliphatic heterocycles. The lowest BCUT2D eigenvalue weighted by Gasteiger charge is -1.86. The van der Waals surface area contributed by atoms with Gasteiger partial charge in [-0.2, -0.15) is 0 Å². The van der Waals surface area contributed by atoms with E-state index in [4.69, 9.17) is 23.2 Å². The fourth-order valence-electron chi connectivity index (χ4n) is 0.601. The molecule has 0 aliphatic rings. The molecule has 0 N–H and O–H groups in total. The maximum atomic E-state index is 10.5. The molecule has 1 rings (SSSR count). The van der Waals surface area contributed by atoms with Crippen molar-refractivity contribution in [1.29, 1.82) is 0 Å². The Morgan fingerprint density at radius 2 is 1.45 bits per heavy atom. The average Bonchev–Trinajstić information content (AvgIpc) is 2.32. The van der Waals surface area contributed by atoms with Crippen LogP contribution in [0.3, 0.4) is 0 Å². The van der Waals surface area contributed by atoms with Crippen LogP contribution in [0, 0.1) is 0 Å². The second-order valence-corrected chi connectivity index (χ2v) is 2.43. The minimum atomic E-state index is -0.761. The van der Waals surface area contributed by atoms with Gasteiger partial charge in [0.2, 0.25) is 0 Å². The minimum absolute atomic E-state index is 0.00772. The molecule has 3 nitrogen and oxygen atoms in total. The van der Waals surface area contributed by atoms with Crippen molar-refractivity contribution in [1.82, 2.24) is 0 Å². The summed E-state index contributed by atoms with van der Waals surface area (Å²) in [5.74, 6) is 0. The highest BCUT2D eigenvalue weighted by atomic mass is 35.5. The first-order chi connectivity index (χ1) is 5.13. The maximum Gasteiger partial charge on any atom is 0.256 e. The van der Waals surface area contributed by atoms with Crippen molar-refractivity contribution < 1.29 is 14.0 Å². The van der Waals surface area contributed by atoms with Crippen molar-refractivity contribution in [2.45, 2.75) is 0 Å². The molecule has 0 saturated heterocycles. The molecule has 0 bridgehead atoms. The molecular formula is C6H2Cl2O3. The van der Waals surface area contributed by atoms with Gasteiger partial charge >= 0.3 is 0 Å². The van der Waals surface area contributed by atoms with Crippen molar-refractivity contribution >= 4 is 33.7 Å². The van der Waals surface area contributed by atoms with E-state index in [2.05, 4.69) is 4.42 Å². The predicted octanol–water partition coefficient (Wildman–Crippen LogP) is 2.04. The van der Waals surface area contributed by atoms with Crippen LogP contribution in [-0.4, -0.2) is 10.5 Å². The van der Waals surface area contributed by atoms with Gasteiger partial charge in [0.15, 0.2) is 0 Å². The van der Waals surface area contributed by atoms with Crippen LogP contribution < -0.4 is 0 Å². The zero-order chi connectivity index (χ0) is 8.43. The van der Waals surface area contributed by atoms with Crippen LogP contribution >= 0.6 is 23.2 Å². The zero-order valence-electron chi connectivity index (χ0n) is 5.14. The molecule has 0 fully saturated rings. The van der Waals surface area contributed by atoms with Gasteiger partial charge < -0.3 is 4.42 Å². The number of halogens is 2. The molecule has 0 atom stereocenters. The summed E-state index contributed by atoms with van der Waals surface area (Å²) in [6.45, 7) is 0. The Kier molecular flexibility index (Phi) is 2.31. The Hall–Kier alpha value is -0.800. The molecule has 0 aliphatic carbocycles. The second kappa shape index (κ2) is 3.07. The van der Waals surface area contributed by atoms with Crippen molar-refractivity contribution in [2.75, 3.05) is 0 Å². The van der Waals surface area contributed by atoms with E-state index < -0.39 is 10.5 Å². The summed E-state index contributed by atoms with van der Waals surface area (Å²) < 4.78 is 4.56. The van der Waals surface area contributed by atoms with E-state index >= 15 is 0 Å². The topological polar surface area (TPSA) is 47.3 Å². The third-order valence-corrected chi connectivity index (χ3v) is 1.49. The van der Waals surface area contributed by atoms with Crippen LogP contribution in [0.1, 0.15) is 20.7 Å². The van der Waals surface area contributed by atoms with Crippen LogP contribution in [0.2, 0.25) is 0 Å². The number of furan rings is 1. The summed E-state index contributed by atoms with van der Waals surface area (Å²) in [5.41, 5.74) is -0.0154. The fraction of sp³-hybridized carbons (Fsp3) is 0. The lowest BCUT2D eigenvalue weighted by molar-refractivity contribution is 0.105. The van der Waals surface area contributed by atoms with Gasteiger partial charge in [-0.05, 0) is 23.2 Å². The van der Waals surface area contributed by atoms with E-state index in [1.54, 1.807) is 0 Å². The number of rotatable bonds is 2. The Labute approximate surface area is 71.9 Å². The molecule has 1 aromatic heterocycles. The molecule has 58 valence electrons. The number of hydrogen-bond donors (Lipinski definition) is 0. The molecule has 0 saturated carbocycles. The average molecular weight is 193 g/mol. The van der Waals surface area contributed by atoms with E-state index in [9.17, 15) is 9.59 Å². The minimum Gasteiger partial charge on any atom is -0.471 e. The number of carbonyl (C=O) groups is 2. The summed E-state index contributed by atoms with van der Waals surface area (Å²) in [4.78, 5) is 21.1. The fourth-order valence-corrected chi connectivity index (χ4v) is 0.894. The highest BCUT2D eigenvalue weighted by Crippen LogP contribution is 2.14. The van der Waals surface area contributed by atoms with E-state index in [1.165, 1.54) is 0 Å². The van der Waals surface area contributed by atoms with Crippen molar-refractivity contribution in [2.24, 2.45) is 0 Å². The van der Waals surface area contributed by atoms with Gasteiger partial charge in [0.05, 0.1) is 11.1 Å². The predicted molar refractivity (Wildman–Crippen MR) is 39.1 cm³/mol. The molecular weight excluding hydrogens is 191 g/mol. The molecule has 0 spiro atoms. The van der Waals surface area contributed by atoms with Crippen LogP contribution in [0.25, 0.3) is 0 Å². The van der Waals surface area contributed by atoms with Gasteiger partial charge in [0.1, 0.15) is 12.5 Å². The molecule has 0 amide bonds. The van der Waals surface area contributed by atoms with Crippen molar-refractivity contribution in [3.8, 4) is 0 Å². The van der Waals surface area contributed by atoms with Crippen molar-refractivity contribution in [3.63, 3.8) is 0 Å². The normalized spacial score (nSPS) is 9.64. The van der Waals surface area contributed by atoms with Gasteiger partial charge in [-0.3, -0.25) is 9.59 Å². The molecule has 0 unspecified atom stereocenters. The lowest BCUT2D eigenvalue weighted by atomic mass is 10.2. The van der Waals surface area contributed by atoms with Gasteiger partial charge in [0.25, 0.3) is 10.5 Å². The van der Waals surface area contributed by atoms with Gasteiger partial charge in [0, 0.05) is 0 Å². The summed E-state index contributed by atoms with van der Waals surface area (Å²) in [6.07, 6.45) is 2.15. The number of carbonyl (C=O) groups excluding carboxylic acids is 2. The van der Waals surface area contributed by atoms with Crippen LogP contribution in [0.4, 0.5) is 0 Å². The first-order valence-corrected chi connectivity index (χ1v) is 3.34. The monoisotopic (exact) mass is 192 g/mol. The van der Waals surface area contributed by atoms with E-state index in [0.29, 0.717) is 0 Å². The molecule has 1 heterocycles. The largest absolute Gasteiger partial charge is 0.471 e. The summed E-state index contributed by atoms with van der Waals surface area (Å²) in [7, 11) is 0. The zero-order valence-corrected chi connectivity index (χ0v) is 6.65. The smallest absolute Gasteiger partial charge is 0.256 e. The lowest BCUT2D eigenvalue weighted by Crippen LogP contribution is -1.95. The quantitative estimate of drug-likeness (QED) is 0.675. The molecule has 11 heavy (non-hydrogen) atoms. The standard InChI is InChI=1S/C6H2Cl2O3/c7-5(9)3-1-11-2-4(3)6(8)10/h1-2H. The first kappa shape index (κ1) is 8.30. The molecule has 0 aromatic carbocycles. The highest BCUT2D eigenvalue weighted by molar-refractivity contribution is 6.71. The Bertz CT molecular complexity index is 274. The van der Waals surface area contributed by atoms with E-state index in [0.717, 1.165) is 12.5 Å². The maximum absolute atomic E-state index is 10.5. The van der Waals surface area contributed by atoms with Gasteiger partial charge in [-0.1, -0.05) is 0 Å². The second-order valence-electron chi connectivity index (χ2n) is 1.75. The molecule has 5 heteroatoms. The van der Waals surface area contributed by atoms with Crippen molar-refractivity contribution in [3.05, 3.63) is 23.7 Å². The first-order valence-electron chi connectivity index (χ1n) is 2.58. The Morgan fingerprint density at radius 1 is 1.09 bits per heavy atom. The number of hydrogen-bond acceptors (Lipinski definition) is 3. The third-order valence-electron chi connectivity index (χ3n) is 1.09. The van der Waals surface area contributed by atoms with Crippen LogP contribution in [0.15, 0.2) is 16.9 Å². The highest BCUT2D eigenvalue weighted by Gasteiger charge is 2.15. The van der Waals surface area contributed by atoms with Gasteiger partial charge in [-0.25, -0.2) is 0 Å². The van der Waals surface area contributed by atoms with E-state index in [1.807, 2.05) is 0 Å². The Balaban J connectivity index is 3.16.